The van der Waals surface area contributed by atoms with Crippen LogP contribution in [0.4, 0.5) is 22.9 Å². The number of aryl methyl sites for hydroxylation is 1. The smallest absolute Gasteiger partial charge is 0.274 e. The van der Waals surface area contributed by atoms with Crippen LogP contribution in [0.15, 0.2) is 35.4 Å². The van der Waals surface area contributed by atoms with Crippen molar-refractivity contribution in [1.82, 2.24) is 14.5 Å². The Morgan fingerprint density at radius 3 is 2.52 bits per heavy atom. The molecule has 7 nitrogen and oxygen atoms in total. The highest BCUT2D eigenvalue weighted by Crippen LogP contribution is 2.25. The number of hydrogen-bond acceptors (Lipinski definition) is 6. The fraction of sp³-hybridized carbons (Fsp3) is 0.545. The lowest BCUT2D eigenvalue weighted by molar-refractivity contribution is 0.313. The summed E-state index contributed by atoms with van der Waals surface area (Å²) in [5, 5.41) is 3.24. The van der Waals surface area contributed by atoms with Crippen LogP contribution in [0.25, 0.3) is 0 Å². The predicted molar refractivity (Wildman–Crippen MR) is 120 cm³/mol. The molecule has 0 spiro atoms. The summed E-state index contributed by atoms with van der Waals surface area (Å²) in [5.41, 5.74) is 2.76. The molecule has 0 unspecified atom stereocenters. The topological polar surface area (TPSA) is 56.6 Å². The van der Waals surface area contributed by atoms with Gasteiger partial charge in [0.05, 0.1) is 17.6 Å². The van der Waals surface area contributed by atoms with Crippen LogP contribution < -0.4 is 20.7 Å². The zero-order valence-corrected chi connectivity index (χ0v) is 17.8. The molecule has 156 valence electrons. The highest BCUT2D eigenvalue weighted by atomic mass is 16.1. The van der Waals surface area contributed by atoms with E-state index in [4.69, 9.17) is 0 Å². The van der Waals surface area contributed by atoms with Gasteiger partial charge in [0.15, 0.2) is 0 Å². The van der Waals surface area contributed by atoms with E-state index in [1.54, 1.807) is 4.57 Å². The molecule has 29 heavy (non-hydrogen) atoms. The molecular formula is C22H32N6O. The van der Waals surface area contributed by atoms with Crippen LogP contribution in [0.3, 0.4) is 0 Å². The molecule has 1 N–H and O–H groups in total. The second kappa shape index (κ2) is 8.45. The molecule has 2 aliphatic heterocycles. The molecule has 0 amide bonds. The van der Waals surface area contributed by atoms with Crippen LogP contribution in [0.1, 0.15) is 19.8 Å². The van der Waals surface area contributed by atoms with Gasteiger partial charge in [0.25, 0.3) is 5.56 Å². The van der Waals surface area contributed by atoms with Gasteiger partial charge in [0, 0.05) is 52.5 Å². The molecule has 4 heterocycles. The summed E-state index contributed by atoms with van der Waals surface area (Å²) >= 11 is 0. The maximum absolute atomic E-state index is 12.7. The van der Waals surface area contributed by atoms with E-state index in [1.165, 1.54) is 12.8 Å². The van der Waals surface area contributed by atoms with Crippen molar-refractivity contribution in [3.63, 3.8) is 0 Å². The largest absolute Gasteiger partial charge is 0.370 e. The van der Waals surface area contributed by atoms with Crippen molar-refractivity contribution < 1.29 is 0 Å². The van der Waals surface area contributed by atoms with Crippen LogP contribution in [0.2, 0.25) is 0 Å². The molecule has 2 aromatic rings. The Bertz CT molecular complexity index is 885. The van der Waals surface area contributed by atoms with Crippen LogP contribution in [0.5, 0.6) is 0 Å². The molecule has 2 fully saturated rings. The number of rotatable bonds is 4. The van der Waals surface area contributed by atoms with Crippen molar-refractivity contribution in [3.05, 3.63) is 40.9 Å². The van der Waals surface area contributed by atoms with E-state index >= 15 is 0 Å². The quantitative estimate of drug-likeness (QED) is 0.857. The number of pyridine rings is 2. The predicted octanol–water partition coefficient (Wildman–Crippen LogP) is 2.51. The van der Waals surface area contributed by atoms with Gasteiger partial charge in [0.2, 0.25) is 0 Å². The zero-order valence-electron chi connectivity index (χ0n) is 17.8. The highest BCUT2D eigenvalue weighted by molar-refractivity contribution is 5.63. The SMILES string of the molecule is C[C@H]1CCCN(c2cc(Nc3ccc(N4CCN(C)CC4)cn3)c(=O)n(C)c2)C1. The Kier molecular flexibility index (Phi) is 5.76. The summed E-state index contributed by atoms with van der Waals surface area (Å²) in [6.07, 6.45) is 6.31. The minimum atomic E-state index is -0.0382. The first-order valence-corrected chi connectivity index (χ1v) is 10.6. The number of nitrogens with one attached hydrogen (secondary N) is 1. The normalized spacial score (nSPS) is 20.7. The van der Waals surface area contributed by atoms with Crippen molar-refractivity contribution >= 4 is 22.9 Å². The standard InChI is InChI=1S/C22H32N6O/c1-17-5-4-8-28(15-17)19-13-20(22(29)26(3)16-19)24-21-7-6-18(14-23-21)27-11-9-25(2)10-12-27/h6-7,13-14,16-17H,4-5,8-12,15H2,1-3H3,(H,23,24)/t17-/m0/s1. The van der Waals surface area contributed by atoms with Gasteiger partial charge in [0.1, 0.15) is 11.5 Å². The molecule has 0 aromatic carbocycles. The Labute approximate surface area is 172 Å². The monoisotopic (exact) mass is 396 g/mol. The highest BCUT2D eigenvalue weighted by Gasteiger charge is 2.19. The van der Waals surface area contributed by atoms with E-state index in [2.05, 4.69) is 45.0 Å². The third-order valence-electron chi connectivity index (χ3n) is 6.07. The molecule has 2 aliphatic rings. The first-order chi connectivity index (χ1) is 14.0. The van der Waals surface area contributed by atoms with E-state index in [0.29, 0.717) is 17.4 Å². The summed E-state index contributed by atoms with van der Waals surface area (Å²) in [6, 6.07) is 6.01. The fourth-order valence-corrected chi connectivity index (χ4v) is 4.23. The van der Waals surface area contributed by atoms with Crippen LogP contribution in [0, 0.1) is 5.92 Å². The maximum atomic E-state index is 12.7. The number of piperidine rings is 1. The fourth-order valence-electron chi connectivity index (χ4n) is 4.23. The molecule has 4 rings (SSSR count). The van der Waals surface area contributed by atoms with E-state index < -0.39 is 0 Å². The van der Waals surface area contributed by atoms with Gasteiger partial charge < -0.3 is 24.6 Å². The molecular weight excluding hydrogens is 364 g/mol. The summed E-state index contributed by atoms with van der Waals surface area (Å²) in [6.45, 7) is 8.54. The number of anilines is 4. The molecule has 0 radical (unpaired) electrons. The van der Waals surface area contributed by atoms with Crippen molar-refractivity contribution in [1.29, 1.82) is 0 Å². The second-order valence-corrected chi connectivity index (χ2v) is 8.54. The van der Waals surface area contributed by atoms with Gasteiger partial charge in [-0.25, -0.2) is 4.98 Å². The summed E-state index contributed by atoms with van der Waals surface area (Å²) in [4.78, 5) is 24.3. The first-order valence-electron chi connectivity index (χ1n) is 10.6. The Hall–Kier alpha value is -2.54. The molecule has 2 aromatic heterocycles. The number of nitrogens with zero attached hydrogens (tertiary/aromatic N) is 5. The van der Waals surface area contributed by atoms with Gasteiger partial charge in [-0.3, -0.25) is 4.79 Å². The van der Waals surface area contributed by atoms with E-state index in [0.717, 1.165) is 50.6 Å². The first kappa shape index (κ1) is 19.8. The Morgan fingerprint density at radius 2 is 1.83 bits per heavy atom. The molecule has 0 bridgehead atoms. The third-order valence-corrected chi connectivity index (χ3v) is 6.07. The van der Waals surface area contributed by atoms with Gasteiger partial charge >= 0.3 is 0 Å². The minimum absolute atomic E-state index is 0.0382. The summed E-state index contributed by atoms with van der Waals surface area (Å²) < 4.78 is 1.66. The third kappa shape index (κ3) is 4.56. The molecule has 2 saturated heterocycles. The number of likely N-dealkylation sites (N-methyl/N-ethyl adjacent to an activating group) is 1. The van der Waals surface area contributed by atoms with Crippen molar-refractivity contribution in [2.24, 2.45) is 13.0 Å². The van der Waals surface area contributed by atoms with Crippen LogP contribution >= 0.6 is 0 Å². The Balaban J connectivity index is 1.50. The second-order valence-electron chi connectivity index (χ2n) is 8.54. The number of piperazine rings is 1. The molecule has 0 aliphatic carbocycles. The molecule has 7 heteroatoms. The number of hydrogen-bond donors (Lipinski definition) is 1. The average Bonchev–Trinajstić information content (AvgIpc) is 2.72. The zero-order chi connectivity index (χ0) is 20.4. The van der Waals surface area contributed by atoms with Crippen molar-refractivity contribution in [2.45, 2.75) is 19.8 Å². The average molecular weight is 397 g/mol. The van der Waals surface area contributed by atoms with E-state index in [9.17, 15) is 4.79 Å². The lowest BCUT2D eigenvalue weighted by Crippen LogP contribution is -2.44. The van der Waals surface area contributed by atoms with Gasteiger partial charge in [-0.15, -0.1) is 0 Å². The van der Waals surface area contributed by atoms with Crippen molar-refractivity contribution in [3.8, 4) is 0 Å². The van der Waals surface area contributed by atoms with Crippen LogP contribution in [-0.2, 0) is 7.05 Å². The number of aromatic nitrogens is 2. The summed E-state index contributed by atoms with van der Waals surface area (Å²) in [7, 11) is 3.97. The lowest BCUT2D eigenvalue weighted by atomic mass is 10.00. The minimum Gasteiger partial charge on any atom is -0.370 e. The van der Waals surface area contributed by atoms with Gasteiger partial charge in [-0.05, 0) is 44.0 Å². The van der Waals surface area contributed by atoms with Crippen molar-refractivity contribution in [2.75, 3.05) is 61.4 Å². The van der Waals surface area contributed by atoms with Gasteiger partial charge in [-0.2, -0.15) is 0 Å². The van der Waals surface area contributed by atoms with Crippen LogP contribution in [-0.4, -0.2) is 60.8 Å². The van der Waals surface area contributed by atoms with Gasteiger partial charge in [-0.1, -0.05) is 6.92 Å². The van der Waals surface area contributed by atoms with E-state index in [1.807, 2.05) is 31.6 Å². The lowest BCUT2D eigenvalue weighted by Gasteiger charge is -2.33. The maximum Gasteiger partial charge on any atom is 0.274 e. The molecule has 1 atom stereocenters. The Morgan fingerprint density at radius 1 is 1.03 bits per heavy atom. The summed E-state index contributed by atoms with van der Waals surface area (Å²) in [5.74, 6) is 1.38. The molecule has 0 saturated carbocycles. The van der Waals surface area contributed by atoms with E-state index in [-0.39, 0.29) is 5.56 Å².